The van der Waals surface area contributed by atoms with Crippen molar-refractivity contribution in [3.05, 3.63) is 182 Å². The van der Waals surface area contributed by atoms with E-state index in [2.05, 4.69) is 91.0 Å². The fourth-order valence-electron chi connectivity index (χ4n) is 3.79. The summed E-state index contributed by atoms with van der Waals surface area (Å²) in [5.41, 5.74) is 7.64. The molecule has 0 aliphatic rings. The number of benzene rings is 1. The van der Waals surface area contributed by atoms with Crippen LogP contribution in [0.15, 0.2) is 182 Å². The Morgan fingerprint density at radius 3 is 0.667 bits per heavy atom. The van der Waals surface area contributed by atoms with Crippen LogP contribution < -0.4 is 0 Å². The first kappa shape index (κ1) is 33.9. The zero-order chi connectivity index (χ0) is 24.7. The van der Waals surface area contributed by atoms with Crippen LogP contribution in [0.3, 0.4) is 0 Å². The molecule has 7 rings (SSSR count). The van der Waals surface area contributed by atoms with Gasteiger partial charge >= 0.3 is 51.2 Å². The van der Waals surface area contributed by atoms with E-state index in [1.54, 1.807) is 0 Å². The van der Waals surface area contributed by atoms with Gasteiger partial charge in [-0.15, -0.1) is 71.3 Å². The van der Waals surface area contributed by atoms with Crippen LogP contribution in [0, 0.1) is 0 Å². The van der Waals surface area contributed by atoms with Crippen LogP contribution in [-0.4, -0.2) is 0 Å². The van der Waals surface area contributed by atoms with Crippen LogP contribution in [0.4, 0.5) is 0 Å². The minimum Gasteiger partial charge on any atom is -0.214 e. The van der Waals surface area contributed by atoms with Crippen LogP contribution in [0.2, 0.25) is 0 Å². The topological polar surface area (TPSA) is 0 Å². The summed E-state index contributed by atoms with van der Waals surface area (Å²) in [6, 6.07) is 62.4. The summed E-state index contributed by atoms with van der Waals surface area (Å²) in [5.74, 6) is 0. The van der Waals surface area contributed by atoms with E-state index in [1.165, 1.54) is 33.4 Å². The normalized spacial score (nSPS) is 8.92. The molecule has 7 aromatic carbocycles. The van der Waals surface area contributed by atoms with E-state index in [0.29, 0.717) is 0 Å². The first-order valence-corrected chi connectivity index (χ1v) is 12.2. The van der Waals surface area contributed by atoms with Crippen molar-refractivity contribution in [1.82, 2.24) is 0 Å². The van der Waals surface area contributed by atoms with Crippen molar-refractivity contribution < 1.29 is 51.2 Å². The Kier molecular flexibility index (Phi) is 17.3. The van der Waals surface area contributed by atoms with Gasteiger partial charge in [-0.3, -0.25) is 0 Å². The molecule has 198 valence electrons. The smallest absolute Gasteiger partial charge is 0.214 e. The summed E-state index contributed by atoms with van der Waals surface area (Å²) in [4.78, 5) is 0. The van der Waals surface area contributed by atoms with Gasteiger partial charge in [0.15, 0.2) is 0 Å². The van der Waals surface area contributed by atoms with E-state index in [9.17, 15) is 0 Å². The second-order valence-electron chi connectivity index (χ2n) is 8.21. The predicted molar refractivity (Wildman–Crippen MR) is 156 cm³/mol. The second-order valence-corrected chi connectivity index (χ2v) is 8.21. The third-order valence-electron chi connectivity index (χ3n) is 5.59. The molecule has 0 heterocycles. The predicted octanol–water partition coefficient (Wildman–Crippen LogP) is 10.1. The largest absolute Gasteiger partial charge is 2.00 e. The Bertz CT molecular complexity index is 1140. The SMILES string of the molecule is [Fe+2].[Fe+2].[Fe+2].c1cc[c-](-c2cc(-[c-]3cccc3)cc(-[c-]3cccc3)c2)c1.c1cc[cH-]c1.c1cc[cH-]c1.c1cc[cH-]c1. The number of rotatable bonds is 3. The zero-order valence-corrected chi connectivity index (χ0v) is 24.7. The Balaban J connectivity index is 0.000000346. The van der Waals surface area contributed by atoms with Gasteiger partial charge in [0.25, 0.3) is 0 Å². The van der Waals surface area contributed by atoms with Gasteiger partial charge in [-0.05, 0) is 0 Å². The molecule has 0 fully saturated rings. The average Bonchev–Trinajstić information content (AvgIpc) is 3.81. The summed E-state index contributed by atoms with van der Waals surface area (Å²) in [7, 11) is 0. The van der Waals surface area contributed by atoms with Gasteiger partial charge < -0.3 is 0 Å². The minimum absolute atomic E-state index is 0. The van der Waals surface area contributed by atoms with E-state index in [0.717, 1.165) is 0 Å². The third-order valence-corrected chi connectivity index (χ3v) is 5.59. The van der Waals surface area contributed by atoms with Gasteiger partial charge in [-0.1, -0.05) is 16.7 Å². The molecule has 3 heteroatoms. The molecule has 0 saturated carbocycles. The Hall–Kier alpha value is -3.12. The van der Waals surface area contributed by atoms with Crippen molar-refractivity contribution in [2.75, 3.05) is 0 Å². The molecule has 0 aliphatic heterocycles. The third kappa shape index (κ3) is 11.7. The Morgan fingerprint density at radius 2 is 0.513 bits per heavy atom. The number of hydrogen-bond acceptors (Lipinski definition) is 0. The summed E-state index contributed by atoms with van der Waals surface area (Å²) in [6.45, 7) is 0. The van der Waals surface area contributed by atoms with Crippen LogP contribution >= 0.6 is 0 Å². The molecule has 7 aromatic rings. The summed E-state index contributed by atoms with van der Waals surface area (Å²) in [5, 5.41) is 0. The molecular weight excluding hydrogens is 600 g/mol. The van der Waals surface area contributed by atoms with E-state index in [-0.39, 0.29) is 51.2 Å². The molecule has 0 saturated heterocycles. The van der Waals surface area contributed by atoms with Crippen LogP contribution in [0.25, 0.3) is 33.4 Å². The molecule has 0 radical (unpaired) electrons. The van der Waals surface area contributed by atoms with E-state index >= 15 is 0 Å². The zero-order valence-electron chi connectivity index (χ0n) is 21.4. The molecule has 0 atom stereocenters. The summed E-state index contributed by atoms with van der Waals surface area (Å²) in [6.07, 6.45) is 0. The molecule has 0 nitrogen and oxygen atoms in total. The van der Waals surface area contributed by atoms with Crippen molar-refractivity contribution in [2.24, 2.45) is 0 Å². The number of hydrogen-bond donors (Lipinski definition) is 0. The Labute approximate surface area is 265 Å². The fraction of sp³-hybridized carbons (Fsp3) is 0. The molecule has 0 N–H and O–H groups in total. The molecule has 0 spiro atoms. The maximum atomic E-state index is 2.27. The van der Waals surface area contributed by atoms with Gasteiger partial charge in [0.1, 0.15) is 0 Å². The van der Waals surface area contributed by atoms with Crippen molar-refractivity contribution >= 4 is 0 Å². The van der Waals surface area contributed by atoms with Crippen molar-refractivity contribution in [1.29, 1.82) is 0 Å². The molecule has 0 aromatic heterocycles. The van der Waals surface area contributed by atoms with Crippen LogP contribution in [0.1, 0.15) is 0 Å². The molecule has 0 unspecified atom stereocenters. The first-order valence-electron chi connectivity index (χ1n) is 12.2. The van der Waals surface area contributed by atoms with E-state index in [4.69, 9.17) is 0 Å². The first-order chi connectivity index (χ1) is 17.9. The maximum absolute atomic E-state index is 2.27. The van der Waals surface area contributed by atoms with Crippen LogP contribution in [0.5, 0.6) is 0 Å². The Morgan fingerprint density at radius 1 is 0.308 bits per heavy atom. The van der Waals surface area contributed by atoms with Crippen LogP contribution in [-0.2, 0) is 51.2 Å². The van der Waals surface area contributed by atoms with Crippen molar-refractivity contribution in [3.8, 4) is 33.4 Å². The van der Waals surface area contributed by atoms with Gasteiger partial charge in [-0.2, -0.15) is 91.0 Å². The summed E-state index contributed by atoms with van der Waals surface area (Å²) < 4.78 is 0. The monoisotopic (exact) mass is 630 g/mol. The minimum atomic E-state index is 0. The molecule has 0 bridgehead atoms. The van der Waals surface area contributed by atoms with E-state index < -0.39 is 0 Å². The fourth-order valence-corrected chi connectivity index (χ4v) is 3.79. The van der Waals surface area contributed by atoms with Crippen molar-refractivity contribution in [2.45, 2.75) is 0 Å². The summed E-state index contributed by atoms with van der Waals surface area (Å²) >= 11 is 0. The maximum Gasteiger partial charge on any atom is 2.00 e. The average molecular weight is 630 g/mol. The quantitative estimate of drug-likeness (QED) is 0.135. The molecular formula is C36H30Fe3. The second kappa shape index (κ2) is 19.9. The van der Waals surface area contributed by atoms with Gasteiger partial charge in [0.2, 0.25) is 0 Å². The van der Waals surface area contributed by atoms with Gasteiger partial charge in [0, 0.05) is 0 Å². The molecule has 39 heavy (non-hydrogen) atoms. The molecule has 0 amide bonds. The van der Waals surface area contributed by atoms with Crippen molar-refractivity contribution in [3.63, 3.8) is 0 Å². The van der Waals surface area contributed by atoms with E-state index in [1.807, 2.05) is 91.0 Å². The standard InChI is InChI=1S/C21H15.3C5H5.3Fe/c1-2-8-16(7-1)19-13-20(17-9-3-4-10-17)15-21(14-19)18-11-5-6-12-18;3*1-2-4-5-3-1;;;/h1-15H;3*1-5H;;;/q-3;3*-1;3*+2. The van der Waals surface area contributed by atoms with Gasteiger partial charge in [-0.25, -0.2) is 36.4 Å². The molecule has 0 aliphatic carbocycles. The van der Waals surface area contributed by atoms with Gasteiger partial charge in [0.05, 0.1) is 0 Å².